The lowest BCUT2D eigenvalue weighted by Gasteiger charge is -2.16. The molecule has 0 aromatic heterocycles. The van der Waals surface area contributed by atoms with Crippen molar-refractivity contribution in [3.63, 3.8) is 0 Å². The van der Waals surface area contributed by atoms with Crippen LogP contribution in [0.2, 0.25) is 0 Å². The minimum atomic E-state index is 0.829. The van der Waals surface area contributed by atoms with Gasteiger partial charge in [-0.1, -0.05) is 54.1 Å². The van der Waals surface area contributed by atoms with Gasteiger partial charge >= 0.3 is 0 Å². The van der Waals surface area contributed by atoms with E-state index in [1.807, 2.05) is 0 Å². The Morgan fingerprint density at radius 1 is 0.955 bits per heavy atom. The number of allylic oxidation sites excluding steroid dienone is 3. The average Bonchev–Trinajstić information content (AvgIpc) is 2.55. The first-order chi connectivity index (χ1) is 10.8. The first-order valence-electron chi connectivity index (χ1n) is 7.83. The fourth-order valence-electron chi connectivity index (χ4n) is 2.63. The molecule has 0 radical (unpaired) electrons. The molecule has 112 valence electrons. The number of rotatable bonds is 5. The zero-order chi connectivity index (χ0) is 15.2. The van der Waals surface area contributed by atoms with E-state index < -0.39 is 0 Å². The van der Waals surface area contributed by atoms with Gasteiger partial charge in [0.15, 0.2) is 0 Å². The zero-order valence-corrected chi connectivity index (χ0v) is 13.0. The maximum absolute atomic E-state index is 3.53. The largest absolute Gasteiger partial charge is 0.379 e. The first-order valence-corrected chi connectivity index (χ1v) is 7.83. The van der Waals surface area contributed by atoms with Gasteiger partial charge < -0.3 is 10.6 Å². The Labute approximate surface area is 132 Å². The Balaban J connectivity index is 1.71. The highest BCUT2D eigenvalue weighted by Gasteiger charge is 2.04. The van der Waals surface area contributed by atoms with Crippen molar-refractivity contribution in [1.82, 2.24) is 0 Å². The monoisotopic (exact) mass is 290 g/mol. The molecule has 0 unspecified atom stereocenters. The van der Waals surface area contributed by atoms with Crippen molar-refractivity contribution in [3.8, 4) is 0 Å². The highest BCUT2D eigenvalue weighted by atomic mass is 15.0. The lowest BCUT2D eigenvalue weighted by molar-refractivity contribution is 1.02. The number of anilines is 2. The highest BCUT2D eigenvalue weighted by molar-refractivity contribution is 5.71. The van der Waals surface area contributed by atoms with E-state index in [1.165, 1.54) is 16.8 Å². The van der Waals surface area contributed by atoms with Crippen LogP contribution in [0.5, 0.6) is 0 Å². The molecule has 3 rings (SSSR count). The highest BCUT2D eigenvalue weighted by Crippen LogP contribution is 2.24. The number of hydrogen-bond acceptors (Lipinski definition) is 2. The quantitative estimate of drug-likeness (QED) is 0.785. The Hall–Kier alpha value is -2.48. The van der Waals surface area contributed by atoms with E-state index in [0.29, 0.717) is 0 Å². The van der Waals surface area contributed by atoms with Crippen LogP contribution in [-0.4, -0.2) is 0 Å². The van der Waals surface area contributed by atoms with E-state index >= 15 is 0 Å². The van der Waals surface area contributed by atoms with Gasteiger partial charge in [0.05, 0.1) is 11.4 Å². The fraction of sp³-hybridized carbons (Fsp3) is 0.200. The lowest BCUT2D eigenvalue weighted by Crippen LogP contribution is -2.05. The van der Waals surface area contributed by atoms with Gasteiger partial charge in [-0.25, -0.2) is 0 Å². The van der Waals surface area contributed by atoms with Gasteiger partial charge in [0, 0.05) is 12.2 Å². The molecule has 0 spiro atoms. The minimum absolute atomic E-state index is 0.829. The Morgan fingerprint density at radius 2 is 1.82 bits per heavy atom. The fourth-order valence-corrected chi connectivity index (χ4v) is 2.63. The summed E-state index contributed by atoms with van der Waals surface area (Å²) in [7, 11) is 0. The summed E-state index contributed by atoms with van der Waals surface area (Å²) in [5.41, 5.74) is 6.02. The first kappa shape index (κ1) is 14.5. The molecule has 2 nitrogen and oxygen atoms in total. The van der Waals surface area contributed by atoms with Crippen molar-refractivity contribution in [1.29, 1.82) is 0 Å². The van der Waals surface area contributed by atoms with E-state index in [4.69, 9.17) is 0 Å². The molecule has 22 heavy (non-hydrogen) atoms. The van der Waals surface area contributed by atoms with Crippen molar-refractivity contribution in [2.75, 3.05) is 10.6 Å². The average molecular weight is 290 g/mol. The summed E-state index contributed by atoms with van der Waals surface area (Å²) in [5.74, 6) is 0. The molecule has 2 N–H and O–H groups in total. The van der Waals surface area contributed by atoms with Crippen LogP contribution < -0.4 is 10.6 Å². The van der Waals surface area contributed by atoms with Gasteiger partial charge in [0.1, 0.15) is 0 Å². The summed E-state index contributed by atoms with van der Waals surface area (Å²) in [4.78, 5) is 0. The van der Waals surface area contributed by atoms with Crippen LogP contribution in [0.3, 0.4) is 0 Å². The van der Waals surface area contributed by atoms with Gasteiger partial charge in [-0.15, -0.1) is 0 Å². The third-order valence-electron chi connectivity index (χ3n) is 3.77. The molecule has 0 saturated carbocycles. The zero-order valence-electron chi connectivity index (χ0n) is 13.0. The van der Waals surface area contributed by atoms with Crippen LogP contribution in [0, 0.1) is 6.92 Å². The molecule has 0 aliphatic heterocycles. The smallest absolute Gasteiger partial charge is 0.0620 e. The molecule has 0 amide bonds. The number of aryl methyl sites for hydroxylation is 1. The lowest BCUT2D eigenvalue weighted by atomic mass is 10.1. The maximum Gasteiger partial charge on any atom is 0.0620 e. The number of para-hydroxylation sites is 2. The summed E-state index contributed by atoms with van der Waals surface area (Å²) in [5, 5.41) is 7.04. The van der Waals surface area contributed by atoms with E-state index in [1.54, 1.807) is 0 Å². The molecule has 2 aromatic rings. The number of benzene rings is 2. The molecule has 0 saturated heterocycles. The second kappa shape index (κ2) is 6.99. The van der Waals surface area contributed by atoms with Crippen molar-refractivity contribution in [2.45, 2.75) is 26.3 Å². The molecular weight excluding hydrogens is 268 g/mol. The number of nitrogens with one attached hydrogen (secondary N) is 2. The summed E-state index contributed by atoms with van der Waals surface area (Å²) in [6.45, 7) is 2.95. The predicted octanol–water partition coefficient (Wildman–Crippen LogP) is 5.25. The molecule has 1 aliphatic carbocycles. The third kappa shape index (κ3) is 3.79. The van der Waals surface area contributed by atoms with Crippen LogP contribution in [0.1, 0.15) is 24.0 Å². The molecule has 2 heteroatoms. The van der Waals surface area contributed by atoms with Crippen molar-refractivity contribution in [2.24, 2.45) is 0 Å². The van der Waals surface area contributed by atoms with Gasteiger partial charge in [-0.3, -0.25) is 0 Å². The van der Waals surface area contributed by atoms with Gasteiger partial charge in [-0.05, 0) is 43.5 Å². The maximum atomic E-state index is 3.53. The van der Waals surface area contributed by atoms with E-state index in [-0.39, 0.29) is 0 Å². The van der Waals surface area contributed by atoms with E-state index in [9.17, 15) is 0 Å². The Bertz CT molecular complexity index is 698. The Morgan fingerprint density at radius 3 is 2.59 bits per heavy atom. The SMILES string of the molecule is Cc1cccc(CNc2ccccc2NC2=CCCC=C2)c1. The van der Waals surface area contributed by atoms with Crippen LogP contribution in [0.15, 0.2) is 72.5 Å². The van der Waals surface area contributed by atoms with Gasteiger partial charge in [0.25, 0.3) is 0 Å². The van der Waals surface area contributed by atoms with Crippen molar-refractivity contribution in [3.05, 3.63) is 83.6 Å². The van der Waals surface area contributed by atoms with Crippen LogP contribution >= 0.6 is 0 Å². The van der Waals surface area contributed by atoms with Crippen molar-refractivity contribution < 1.29 is 0 Å². The summed E-state index contributed by atoms with van der Waals surface area (Å²) in [6, 6.07) is 17.0. The van der Waals surface area contributed by atoms with Crippen molar-refractivity contribution >= 4 is 11.4 Å². The van der Waals surface area contributed by atoms with E-state index in [2.05, 4.69) is 84.3 Å². The second-order valence-corrected chi connectivity index (χ2v) is 5.65. The van der Waals surface area contributed by atoms with Gasteiger partial charge in [0.2, 0.25) is 0 Å². The topological polar surface area (TPSA) is 24.1 Å². The normalized spacial score (nSPS) is 13.6. The predicted molar refractivity (Wildman–Crippen MR) is 95.0 cm³/mol. The van der Waals surface area contributed by atoms with Crippen LogP contribution in [-0.2, 0) is 6.54 Å². The second-order valence-electron chi connectivity index (χ2n) is 5.65. The molecule has 0 atom stereocenters. The third-order valence-corrected chi connectivity index (χ3v) is 3.77. The van der Waals surface area contributed by atoms with Crippen LogP contribution in [0.4, 0.5) is 11.4 Å². The summed E-state index contributed by atoms with van der Waals surface area (Å²) in [6.07, 6.45) is 8.86. The minimum Gasteiger partial charge on any atom is -0.379 e. The molecule has 1 aliphatic rings. The standard InChI is InChI=1S/C20H22N2/c1-16-8-7-9-17(14-16)15-21-19-12-5-6-13-20(19)22-18-10-3-2-4-11-18/h3,5-14,21-22H,2,4,15H2,1H3. The van der Waals surface area contributed by atoms with Gasteiger partial charge in [-0.2, -0.15) is 0 Å². The Kier molecular flexibility index (Phi) is 4.59. The summed E-state index contributed by atoms with van der Waals surface area (Å²) < 4.78 is 0. The molecule has 0 bridgehead atoms. The summed E-state index contributed by atoms with van der Waals surface area (Å²) >= 11 is 0. The van der Waals surface area contributed by atoms with Crippen LogP contribution in [0.25, 0.3) is 0 Å². The molecule has 2 aromatic carbocycles. The number of hydrogen-bond donors (Lipinski definition) is 2. The van der Waals surface area contributed by atoms with E-state index in [0.717, 1.165) is 30.8 Å². The molecular formula is C20H22N2. The molecule has 0 heterocycles. The molecule has 0 fully saturated rings.